The summed E-state index contributed by atoms with van der Waals surface area (Å²) in [4.78, 5) is 12.3. The number of carbonyl (C=O) groups excluding carboxylic acids is 1. The number of para-hydroxylation sites is 3. The van der Waals surface area contributed by atoms with Crippen LogP contribution in [0.15, 0.2) is 65.1 Å². The molecule has 1 aromatic heterocycles. The molecule has 1 heterocycles. The molecule has 1 N–H and O–H groups in total. The Balaban J connectivity index is 1.64. The Bertz CT molecular complexity index is 929. The van der Waals surface area contributed by atoms with Gasteiger partial charge in [-0.15, -0.1) is 0 Å². The molecule has 0 aliphatic heterocycles. The molecular weight excluding hydrogens is 380 g/mol. The topological polar surface area (TPSA) is 60.7 Å². The van der Waals surface area contributed by atoms with Crippen molar-refractivity contribution in [2.75, 3.05) is 5.32 Å². The SMILES string of the molecule is O=C(Nc1ccccc1OC(F)F)c1ccc(COc2ccccc2Cl)o1. The molecule has 0 spiro atoms. The van der Waals surface area contributed by atoms with Gasteiger partial charge in [-0.25, -0.2) is 0 Å². The van der Waals surface area contributed by atoms with E-state index in [0.717, 1.165) is 0 Å². The standard InChI is InChI=1S/C19H14ClF2NO4/c20-13-5-1-3-7-15(13)25-11-12-9-10-17(26-12)18(24)23-14-6-2-4-8-16(14)27-19(21)22/h1-10,19H,11H2,(H,23,24). The van der Waals surface area contributed by atoms with E-state index in [2.05, 4.69) is 10.1 Å². The number of nitrogens with one attached hydrogen (secondary N) is 1. The average Bonchev–Trinajstić information content (AvgIpc) is 3.11. The van der Waals surface area contributed by atoms with Crippen LogP contribution in [0.4, 0.5) is 14.5 Å². The van der Waals surface area contributed by atoms with Crippen molar-refractivity contribution < 1.29 is 27.5 Å². The maximum Gasteiger partial charge on any atom is 0.387 e. The number of anilines is 1. The minimum Gasteiger partial charge on any atom is -0.484 e. The molecule has 0 bridgehead atoms. The number of hydrogen-bond acceptors (Lipinski definition) is 4. The maximum absolute atomic E-state index is 12.4. The zero-order valence-electron chi connectivity index (χ0n) is 13.8. The van der Waals surface area contributed by atoms with Gasteiger partial charge in [0, 0.05) is 0 Å². The minimum absolute atomic E-state index is 0.000362. The van der Waals surface area contributed by atoms with Crippen molar-refractivity contribution in [1.29, 1.82) is 0 Å². The number of rotatable bonds is 7. The van der Waals surface area contributed by atoms with E-state index >= 15 is 0 Å². The Morgan fingerprint density at radius 1 is 1.04 bits per heavy atom. The van der Waals surface area contributed by atoms with Crippen LogP contribution >= 0.6 is 11.6 Å². The van der Waals surface area contributed by atoms with Crippen LogP contribution in [0, 0.1) is 0 Å². The number of ether oxygens (including phenoxy) is 2. The molecule has 8 heteroatoms. The number of halogens is 3. The molecule has 0 aliphatic rings. The predicted molar refractivity (Wildman–Crippen MR) is 95.5 cm³/mol. The van der Waals surface area contributed by atoms with E-state index in [0.29, 0.717) is 16.5 Å². The van der Waals surface area contributed by atoms with Gasteiger partial charge in [-0.05, 0) is 36.4 Å². The van der Waals surface area contributed by atoms with Gasteiger partial charge in [0.15, 0.2) is 5.76 Å². The summed E-state index contributed by atoms with van der Waals surface area (Å²) >= 11 is 6.00. The zero-order valence-corrected chi connectivity index (χ0v) is 14.6. The molecule has 0 atom stereocenters. The van der Waals surface area contributed by atoms with Crippen LogP contribution in [-0.4, -0.2) is 12.5 Å². The third-order valence-corrected chi connectivity index (χ3v) is 3.76. The second-order valence-corrected chi connectivity index (χ2v) is 5.72. The molecule has 0 radical (unpaired) electrons. The highest BCUT2D eigenvalue weighted by Gasteiger charge is 2.16. The van der Waals surface area contributed by atoms with Gasteiger partial charge < -0.3 is 19.2 Å². The lowest BCUT2D eigenvalue weighted by Crippen LogP contribution is -2.13. The molecular formula is C19H14ClF2NO4. The molecule has 0 fully saturated rings. The summed E-state index contributed by atoms with van der Waals surface area (Å²) in [7, 11) is 0. The maximum atomic E-state index is 12.4. The number of carbonyl (C=O) groups is 1. The number of benzene rings is 2. The van der Waals surface area contributed by atoms with Gasteiger partial charge in [0.05, 0.1) is 10.7 Å². The van der Waals surface area contributed by atoms with Gasteiger partial charge in [0.25, 0.3) is 5.91 Å². The second kappa shape index (κ2) is 8.55. The lowest BCUT2D eigenvalue weighted by molar-refractivity contribution is -0.0493. The van der Waals surface area contributed by atoms with Crippen LogP contribution in [0.3, 0.4) is 0 Å². The van der Waals surface area contributed by atoms with Gasteiger partial charge in [-0.1, -0.05) is 35.9 Å². The summed E-state index contributed by atoms with van der Waals surface area (Å²) in [6.45, 7) is -2.93. The van der Waals surface area contributed by atoms with Gasteiger partial charge >= 0.3 is 6.61 Å². The van der Waals surface area contributed by atoms with Crippen LogP contribution in [0.5, 0.6) is 11.5 Å². The largest absolute Gasteiger partial charge is 0.484 e. The fourth-order valence-corrected chi connectivity index (χ4v) is 2.43. The fourth-order valence-electron chi connectivity index (χ4n) is 2.24. The molecule has 2 aromatic carbocycles. The number of furan rings is 1. The average molecular weight is 394 g/mol. The molecule has 1 amide bonds. The minimum atomic E-state index is -3.00. The summed E-state index contributed by atoms with van der Waals surface area (Å²) in [5.41, 5.74) is 0.105. The number of hydrogen-bond donors (Lipinski definition) is 1. The lowest BCUT2D eigenvalue weighted by Gasteiger charge is -2.10. The van der Waals surface area contributed by atoms with Gasteiger partial charge in [0.1, 0.15) is 23.9 Å². The Hall–Kier alpha value is -3.06. The monoisotopic (exact) mass is 393 g/mol. The van der Waals surface area contributed by atoms with E-state index in [9.17, 15) is 13.6 Å². The summed E-state index contributed by atoms with van der Waals surface area (Å²) in [5, 5.41) is 2.93. The normalized spacial score (nSPS) is 10.7. The zero-order chi connectivity index (χ0) is 19.2. The van der Waals surface area contributed by atoms with Crippen molar-refractivity contribution in [1.82, 2.24) is 0 Å². The smallest absolute Gasteiger partial charge is 0.387 e. The van der Waals surface area contributed by atoms with Crippen LogP contribution in [0.2, 0.25) is 5.02 Å². The van der Waals surface area contributed by atoms with E-state index in [1.54, 1.807) is 36.4 Å². The Morgan fingerprint density at radius 2 is 1.74 bits per heavy atom. The van der Waals surface area contributed by atoms with Gasteiger partial charge in [-0.3, -0.25) is 4.79 Å². The van der Waals surface area contributed by atoms with Crippen LogP contribution in [0.1, 0.15) is 16.3 Å². The molecule has 3 rings (SSSR count). The Kier molecular flexibility index (Phi) is 5.93. The summed E-state index contributed by atoms with van der Waals surface area (Å²) in [6.07, 6.45) is 0. The van der Waals surface area contributed by atoms with Crippen molar-refractivity contribution in [2.24, 2.45) is 0 Å². The fraction of sp³-hybridized carbons (Fsp3) is 0.105. The Labute approximate surface area is 158 Å². The van der Waals surface area contributed by atoms with Crippen molar-refractivity contribution in [3.05, 3.63) is 77.2 Å². The first kappa shape index (κ1) is 18.7. The highest BCUT2D eigenvalue weighted by molar-refractivity contribution is 6.32. The van der Waals surface area contributed by atoms with Crippen LogP contribution in [-0.2, 0) is 6.61 Å². The Morgan fingerprint density at radius 3 is 2.48 bits per heavy atom. The first-order valence-electron chi connectivity index (χ1n) is 7.84. The molecule has 27 heavy (non-hydrogen) atoms. The van der Waals surface area contributed by atoms with Crippen LogP contribution < -0.4 is 14.8 Å². The van der Waals surface area contributed by atoms with Crippen molar-refractivity contribution in [3.8, 4) is 11.5 Å². The summed E-state index contributed by atoms with van der Waals surface area (Å²) in [6, 6.07) is 15.9. The summed E-state index contributed by atoms with van der Waals surface area (Å²) < 4.78 is 40.2. The molecule has 0 aliphatic carbocycles. The van der Waals surface area contributed by atoms with Crippen molar-refractivity contribution in [3.63, 3.8) is 0 Å². The van der Waals surface area contributed by atoms with E-state index in [-0.39, 0.29) is 23.8 Å². The number of amides is 1. The van der Waals surface area contributed by atoms with Crippen molar-refractivity contribution >= 4 is 23.2 Å². The summed E-state index contributed by atoms with van der Waals surface area (Å²) in [5.74, 6) is 0.135. The predicted octanol–water partition coefficient (Wildman–Crippen LogP) is 5.37. The highest BCUT2D eigenvalue weighted by Crippen LogP contribution is 2.27. The highest BCUT2D eigenvalue weighted by atomic mass is 35.5. The van der Waals surface area contributed by atoms with E-state index in [1.807, 2.05) is 0 Å². The third kappa shape index (κ3) is 4.98. The molecule has 0 saturated carbocycles. The molecule has 3 aromatic rings. The van der Waals surface area contributed by atoms with Crippen LogP contribution in [0.25, 0.3) is 0 Å². The lowest BCUT2D eigenvalue weighted by atomic mass is 10.3. The molecule has 0 saturated heterocycles. The quantitative estimate of drug-likeness (QED) is 0.586. The van der Waals surface area contributed by atoms with E-state index < -0.39 is 12.5 Å². The number of alkyl halides is 2. The second-order valence-electron chi connectivity index (χ2n) is 5.31. The van der Waals surface area contributed by atoms with E-state index in [4.69, 9.17) is 20.8 Å². The van der Waals surface area contributed by atoms with E-state index in [1.165, 1.54) is 24.3 Å². The molecule has 5 nitrogen and oxygen atoms in total. The van der Waals surface area contributed by atoms with Crippen molar-refractivity contribution in [2.45, 2.75) is 13.2 Å². The van der Waals surface area contributed by atoms with Gasteiger partial charge in [-0.2, -0.15) is 8.78 Å². The molecule has 140 valence electrons. The third-order valence-electron chi connectivity index (χ3n) is 3.44. The first-order valence-corrected chi connectivity index (χ1v) is 8.22. The van der Waals surface area contributed by atoms with Gasteiger partial charge in [0.2, 0.25) is 0 Å². The molecule has 0 unspecified atom stereocenters. The first-order chi connectivity index (χ1) is 13.0.